The molecule has 9 heteroatoms. The lowest BCUT2D eigenvalue weighted by Crippen LogP contribution is -2.47. The summed E-state index contributed by atoms with van der Waals surface area (Å²) in [5, 5.41) is 9.17. The van der Waals surface area contributed by atoms with Gasteiger partial charge in [-0.1, -0.05) is 0 Å². The molecule has 0 aromatic carbocycles. The van der Waals surface area contributed by atoms with E-state index in [1.54, 1.807) is 0 Å². The van der Waals surface area contributed by atoms with Gasteiger partial charge < -0.3 is 5.11 Å². The molecular formula is C10H11Br2NO4S2. The van der Waals surface area contributed by atoms with Gasteiger partial charge in [0.1, 0.15) is 10.9 Å². The number of halogens is 2. The highest BCUT2D eigenvalue weighted by Crippen LogP contribution is 2.37. The average molecular weight is 433 g/mol. The van der Waals surface area contributed by atoms with Crippen LogP contribution in [0.25, 0.3) is 0 Å². The first-order chi connectivity index (χ1) is 8.84. The third-order valence-corrected chi connectivity index (χ3v) is 7.61. The van der Waals surface area contributed by atoms with Gasteiger partial charge in [0.2, 0.25) is 10.0 Å². The van der Waals surface area contributed by atoms with Crippen molar-refractivity contribution in [2.45, 2.75) is 30.2 Å². The van der Waals surface area contributed by atoms with Crippen LogP contribution in [0.4, 0.5) is 0 Å². The predicted molar refractivity (Wildman–Crippen MR) is 78.9 cm³/mol. The molecule has 5 nitrogen and oxygen atoms in total. The molecule has 2 rings (SSSR count). The Kier molecular flexibility index (Phi) is 4.71. The molecule has 1 aliphatic heterocycles. The van der Waals surface area contributed by atoms with Crippen LogP contribution >= 0.6 is 43.2 Å². The van der Waals surface area contributed by atoms with Crippen LogP contribution < -0.4 is 0 Å². The van der Waals surface area contributed by atoms with Crippen LogP contribution in [0.1, 0.15) is 19.3 Å². The minimum Gasteiger partial charge on any atom is -0.480 e. The molecule has 1 aliphatic rings. The lowest BCUT2D eigenvalue weighted by molar-refractivity contribution is -0.142. The first kappa shape index (κ1) is 15.4. The number of nitrogens with zero attached hydrogens (tertiary/aromatic N) is 1. The normalized spacial score (nSPS) is 21.5. The maximum atomic E-state index is 12.6. The molecule has 0 amide bonds. The number of rotatable bonds is 3. The van der Waals surface area contributed by atoms with E-state index >= 15 is 0 Å². The molecule has 0 aliphatic carbocycles. The topological polar surface area (TPSA) is 74.7 Å². The molecule has 1 unspecified atom stereocenters. The highest BCUT2D eigenvalue weighted by molar-refractivity contribution is 9.12. The van der Waals surface area contributed by atoms with Gasteiger partial charge in [0.25, 0.3) is 0 Å². The first-order valence-electron chi connectivity index (χ1n) is 5.53. The molecule has 2 heterocycles. The van der Waals surface area contributed by atoms with E-state index < -0.39 is 22.0 Å². The Morgan fingerprint density at radius 1 is 1.42 bits per heavy atom. The molecule has 1 fully saturated rings. The Bertz CT molecular complexity index is 599. The van der Waals surface area contributed by atoms with E-state index in [1.807, 2.05) is 0 Å². The van der Waals surface area contributed by atoms with Gasteiger partial charge in [-0.05, 0) is 57.2 Å². The van der Waals surface area contributed by atoms with Gasteiger partial charge >= 0.3 is 5.97 Å². The molecule has 0 radical (unpaired) electrons. The number of aliphatic carboxylic acids is 1. The summed E-state index contributed by atoms with van der Waals surface area (Å²) < 4.78 is 27.4. The van der Waals surface area contributed by atoms with Crippen LogP contribution in [-0.2, 0) is 14.8 Å². The van der Waals surface area contributed by atoms with Gasteiger partial charge in [-0.3, -0.25) is 4.79 Å². The van der Waals surface area contributed by atoms with Crippen LogP contribution in [-0.4, -0.2) is 36.4 Å². The van der Waals surface area contributed by atoms with Crippen molar-refractivity contribution in [2.24, 2.45) is 0 Å². The van der Waals surface area contributed by atoms with Gasteiger partial charge in [-0.25, -0.2) is 8.42 Å². The van der Waals surface area contributed by atoms with E-state index in [4.69, 9.17) is 5.11 Å². The summed E-state index contributed by atoms with van der Waals surface area (Å²) in [6, 6.07) is 0.529. The lowest BCUT2D eigenvalue weighted by Gasteiger charge is -2.31. The van der Waals surface area contributed by atoms with Gasteiger partial charge in [0, 0.05) is 6.54 Å². The first-order valence-corrected chi connectivity index (χ1v) is 9.38. The molecule has 0 saturated carbocycles. The van der Waals surface area contributed by atoms with Crippen molar-refractivity contribution in [1.29, 1.82) is 0 Å². The summed E-state index contributed by atoms with van der Waals surface area (Å²) in [6.07, 6.45) is 1.78. The summed E-state index contributed by atoms with van der Waals surface area (Å²) in [5.74, 6) is -1.09. The van der Waals surface area contributed by atoms with E-state index in [-0.39, 0.29) is 11.4 Å². The molecule has 1 atom stereocenters. The fourth-order valence-electron chi connectivity index (χ4n) is 2.07. The highest BCUT2D eigenvalue weighted by Gasteiger charge is 2.38. The van der Waals surface area contributed by atoms with E-state index in [0.717, 1.165) is 10.7 Å². The maximum Gasteiger partial charge on any atom is 0.322 e. The molecule has 1 aromatic heterocycles. The minimum absolute atomic E-state index is 0.123. The Balaban J connectivity index is 2.43. The highest BCUT2D eigenvalue weighted by atomic mass is 79.9. The van der Waals surface area contributed by atoms with Crippen molar-refractivity contribution in [3.8, 4) is 0 Å². The monoisotopic (exact) mass is 431 g/mol. The van der Waals surface area contributed by atoms with Crippen LogP contribution in [0.15, 0.2) is 18.5 Å². The Labute approximate surface area is 131 Å². The standard InChI is InChI=1S/C10H11Br2NO4S2/c11-8-5-7(9(12)18-8)19(16,17)13-4-2-1-3-6(13)10(14)15/h5-6H,1-4H2,(H,14,15). The second kappa shape index (κ2) is 5.80. The molecular weight excluding hydrogens is 422 g/mol. The van der Waals surface area contributed by atoms with Crippen molar-refractivity contribution in [3.63, 3.8) is 0 Å². The lowest BCUT2D eigenvalue weighted by atomic mass is 10.1. The van der Waals surface area contributed by atoms with Gasteiger partial charge in [0.15, 0.2) is 0 Å². The van der Waals surface area contributed by atoms with E-state index in [9.17, 15) is 13.2 Å². The van der Waals surface area contributed by atoms with Crippen molar-refractivity contribution < 1.29 is 18.3 Å². The molecule has 1 aromatic rings. The summed E-state index contributed by atoms with van der Waals surface area (Å²) in [6.45, 7) is 0.249. The molecule has 106 valence electrons. The van der Waals surface area contributed by atoms with Gasteiger partial charge in [0.05, 0.1) is 7.57 Å². The Morgan fingerprint density at radius 3 is 2.63 bits per heavy atom. The SMILES string of the molecule is O=C(O)C1CCCCN1S(=O)(=O)c1cc(Br)sc1Br. The molecule has 1 saturated heterocycles. The van der Waals surface area contributed by atoms with Crippen LogP contribution in [0.2, 0.25) is 0 Å². The smallest absolute Gasteiger partial charge is 0.322 e. The van der Waals surface area contributed by atoms with Crippen molar-refractivity contribution in [2.75, 3.05) is 6.54 Å². The number of thiophene rings is 1. The zero-order valence-electron chi connectivity index (χ0n) is 9.67. The molecule has 0 spiro atoms. The number of hydrogen-bond donors (Lipinski definition) is 1. The van der Waals surface area contributed by atoms with Crippen molar-refractivity contribution in [3.05, 3.63) is 13.6 Å². The fraction of sp³-hybridized carbons (Fsp3) is 0.500. The summed E-state index contributed by atoms with van der Waals surface area (Å²) in [4.78, 5) is 11.3. The van der Waals surface area contributed by atoms with E-state index in [2.05, 4.69) is 31.9 Å². The number of piperidine rings is 1. The van der Waals surface area contributed by atoms with Crippen LogP contribution in [0, 0.1) is 0 Å². The van der Waals surface area contributed by atoms with E-state index in [0.29, 0.717) is 20.4 Å². The zero-order chi connectivity index (χ0) is 14.2. The number of hydrogen-bond acceptors (Lipinski definition) is 4. The Hall–Kier alpha value is 0.0400. The summed E-state index contributed by atoms with van der Waals surface area (Å²) >= 11 is 7.69. The number of carboxylic acid groups (broad SMARTS) is 1. The minimum atomic E-state index is -3.78. The summed E-state index contributed by atoms with van der Waals surface area (Å²) in [7, 11) is -3.78. The maximum absolute atomic E-state index is 12.6. The number of sulfonamides is 1. The Morgan fingerprint density at radius 2 is 2.11 bits per heavy atom. The average Bonchev–Trinajstić information content (AvgIpc) is 2.69. The third-order valence-electron chi connectivity index (χ3n) is 2.95. The molecule has 0 bridgehead atoms. The predicted octanol–water partition coefficient (Wildman–Crippen LogP) is 2.90. The zero-order valence-corrected chi connectivity index (χ0v) is 14.5. The second-order valence-corrected chi connectivity index (χ2v) is 9.76. The molecule has 19 heavy (non-hydrogen) atoms. The van der Waals surface area contributed by atoms with Crippen molar-refractivity contribution >= 4 is 59.2 Å². The molecule has 1 N–H and O–H groups in total. The van der Waals surface area contributed by atoms with Gasteiger partial charge in [-0.15, -0.1) is 11.3 Å². The fourth-order valence-corrected chi connectivity index (χ4v) is 7.48. The van der Waals surface area contributed by atoms with Crippen molar-refractivity contribution in [1.82, 2.24) is 4.31 Å². The van der Waals surface area contributed by atoms with Crippen LogP contribution in [0.5, 0.6) is 0 Å². The quantitative estimate of drug-likeness (QED) is 0.796. The number of carbonyl (C=O) groups is 1. The van der Waals surface area contributed by atoms with Crippen LogP contribution in [0.3, 0.4) is 0 Å². The third kappa shape index (κ3) is 3.05. The van der Waals surface area contributed by atoms with Gasteiger partial charge in [-0.2, -0.15) is 4.31 Å². The summed E-state index contributed by atoms with van der Waals surface area (Å²) in [5.41, 5.74) is 0. The van der Waals surface area contributed by atoms with E-state index in [1.165, 1.54) is 17.4 Å². The number of carboxylic acids is 1. The largest absolute Gasteiger partial charge is 0.480 e. The second-order valence-electron chi connectivity index (χ2n) is 4.15.